The van der Waals surface area contributed by atoms with E-state index in [-0.39, 0.29) is 23.9 Å². The molecular formula is C42H46N4O5S. The zero-order valence-electron chi connectivity index (χ0n) is 29.7. The van der Waals surface area contributed by atoms with Crippen molar-refractivity contribution < 1.29 is 22.7 Å². The van der Waals surface area contributed by atoms with E-state index in [0.717, 1.165) is 73.2 Å². The maximum absolute atomic E-state index is 15.1. The van der Waals surface area contributed by atoms with Crippen LogP contribution in [0.3, 0.4) is 0 Å². The largest absolute Gasteiger partial charge is 0.497 e. The highest BCUT2D eigenvalue weighted by molar-refractivity contribution is 7.91. The van der Waals surface area contributed by atoms with Crippen LogP contribution in [-0.2, 0) is 27.9 Å². The van der Waals surface area contributed by atoms with Crippen LogP contribution >= 0.6 is 0 Å². The first kappa shape index (κ1) is 32.5. The second-order valence-corrected chi connectivity index (χ2v) is 18.4. The van der Waals surface area contributed by atoms with Crippen LogP contribution in [0.25, 0.3) is 22.2 Å². The van der Waals surface area contributed by atoms with E-state index in [4.69, 9.17) is 4.74 Å². The maximum Gasteiger partial charge on any atom is 0.264 e. The van der Waals surface area contributed by atoms with Gasteiger partial charge in [-0.05, 0) is 91.5 Å². The van der Waals surface area contributed by atoms with Crippen molar-refractivity contribution >= 4 is 32.7 Å². The number of nitrogens with zero attached hydrogens (tertiary/aromatic N) is 3. The summed E-state index contributed by atoms with van der Waals surface area (Å²) in [6.45, 7) is 3.20. The van der Waals surface area contributed by atoms with Gasteiger partial charge in [0.25, 0.3) is 5.91 Å². The smallest absolute Gasteiger partial charge is 0.264 e. The molecule has 6 fully saturated rings. The number of carbonyl (C=O) groups excluding carboxylic acids is 2. The Labute approximate surface area is 305 Å². The van der Waals surface area contributed by atoms with Gasteiger partial charge in [0.05, 0.1) is 23.5 Å². The third kappa shape index (κ3) is 5.15. The van der Waals surface area contributed by atoms with Crippen LogP contribution in [0.4, 0.5) is 0 Å². The second kappa shape index (κ2) is 11.9. The average Bonchev–Trinajstić information content (AvgIpc) is 4.09. The molecule has 2 amide bonds. The van der Waals surface area contributed by atoms with Gasteiger partial charge in [-0.2, -0.15) is 0 Å². The number of amides is 2. The van der Waals surface area contributed by atoms with Gasteiger partial charge in [0.1, 0.15) is 5.75 Å². The first-order valence-electron chi connectivity index (χ1n) is 19.2. The molecule has 4 unspecified atom stereocenters. The molecule has 11 rings (SSSR count). The number of aromatic nitrogens is 1. The number of rotatable bonds is 8. The number of hydrogen-bond donors (Lipinski definition) is 1. The number of piperazine rings is 1. The van der Waals surface area contributed by atoms with Crippen LogP contribution in [0.5, 0.6) is 5.75 Å². The van der Waals surface area contributed by atoms with E-state index in [2.05, 4.69) is 61.6 Å². The minimum absolute atomic E-state index is 0.0659. The van der Waals surface area contributed by atoms with Crippen LogP contribution in [0.15, 0.2) is 66.7 Å². The van der Waals surface area contributed by atoms with Gasteiger partial charge < -0.3 is 14.2 Å². The fourth-order valence-corrected chi connectivity index (χ4v) is 11.6. The van der Waals surface area contributed by atoms with Gasteiger partial charge in [0, 0.05) is 66.2 Å². The zero-order chi connectivity index (χ0) is 35.4. The molecule has 4 aliphatic heterocycles. The molecule has 4 atom stereocenters. The van der Waals surface area contributed by atoms with Crippen molar-refractivity contribution in [3.05, 3.63) is 89.0 Å². The number of carbonyl (C=O) groups is 2. The van der Waals surface area contributed by atoms with Crippen molar-refractivity contribution in [2.45, 2.75) is 100 Å². The minimum atomic E-state index is -3.70. The molecule has 3 saturated heterocycles. The predicted molar refractivity (Wildman–Crippen MR) is 200 cm³/mol. The SMILES string of the molecule is COc1ccc2c(c1)C1CC1(C(=O)N1C3CC1CN(Cc1ccccc1)C3)Cn1c-2c(C2CCCCC2)c2ccc(C(=O)NS(=O)(=O)C3CC3)cc21. The molecule has 10 heteroatoms. The highest BCUT2D eigenvalue weighted by Gasteiger charge is 2.66. The standard InChI is InChI=1S/C42H46N4O5S/c1-51-31-13-17-33-35(20-31)36-21-42(36,41(48)46-29-19-30(46)24-44(23-29)22-26-8-4-2-5-9-26)25-45-37-18-28(40(47)43-52(49,50)32-14-15-32)12-16-34(37)38(39(33)45)27-10-6-3-7-11-27/h2,4-5,8-9,12-13,16-18,20,27,29-30,32,36H,3,6-7,10-11,14-15,19,21-25H2,1H3,(H,43,47). The lowest BCUT2D eigenvalue weighted by Gasteiger charge is -2.57. The molecule has 0 radical (unpaired) electrons. The molecule has 4 aromatic rings. The molecule has 1 N–H and O–H groups in total. The van der Waals surface area contributed by atoms with E-state index in [1.165, 1.54) is 36.0 Å². The number of nitrogens with one attached hydrogen (secondary N) is 1. The quantitative estimate of drug-likeness (QED) is 0.222. The molecule has 2 bridgehead atoms. The van der Waals surface area contributed by atoms with Crippen molar-refractivity contribution in [3.63, 3.8) is 0 Å². The molecule has 52 heavy (non-hydrogen) atoms. The van der Waals surface area contributed by atoms with Crippen molar-refractivity contribution in [2.24, 2.45) is 5.41 Å². The Kier molecular flexibility index (Phi) is 7.46. The van der Waals surface area contributed by atoms with Crippen molar-refractivity contribution in [1.29, 1.82) is 0 Å². The molecule has 0 spiro atoms. The molecule has 3 saturated carbocycles. The molecule has 3 aliphatic carbocycles. The Morgan fingerprint density at radius 3 is 2.42 bits per heavy atom. The fourth-order valence-electron chi connectivity index (χ4n) is 10.3. The van der Waals surface area contributed by atoms with E-state index in [1.807, 2.05) is 18.2 Å². The summed E-state index contributed by atoms with van der Waals surface area (Å²) >= 11 is 0. The Bertz CT molecular complexity index is 2210. The Morgan fingerprint density at radius 1 is 0.923 bits per heavy atom. The lowest BCUT2D eigenvalue weighted by molar-refractivity contribution is -0.161. The summed E-state index contributed by atoms with van der Waals surface area (Å²) in [6, 6.07) is 23.1. The molecular weight excluding hydrogens is 673 g/mol. The Hall–Kier alpha value is -4.15. The monoisotopic (exact) mass is 718 g/mol. The number of hydrogen-bond acceptors (Lipinski definition) is 6. The van der Waals surface area contributed by atoms with Gasteiger partial charge in [0.15, 0.2) is 0 Å². The highest BCUT2D eigenvalue weighted by Crippen LogP contribution is 2.67. The third-order valence-electron chi connectivity index (χ3n) is 13.2. The van der Waals surface area contributed by atoms with Gasteiger partial charge in [-0.3, -0.25) is 14.5 Å². The van der Waals surface area contributed by atoms with Crippen LogP contribution in [0.2, 0.25) is 0 Å². The lowest BCUT2D eigenvalue weighted by Crippen LogP contribution is -2.71. The van der Waals surface area contributed by atoms with Crippen LogP contribution in [0.1, 0.15) is 96.7 Å². The van der Waals surface area contributed by atoms with E-state index in [9.17, 15) is 13.2 Å². The molecule has 7 aliphatic rings. The van der Waals surface area contributed by atoms with E-state index >= 15 is 4.79 Å². The van der Waals surface area contributed by atoms with E-state index < -0.39 is 26.6 Å². The van der Waals surface area contributed by atoms with Gasteiger partial charge in [-0.1, -0.05) is 55.7 Å². The van der Waals surface area contributed by atoms with Gasteiger partial charge in [0.2, 0.25) is 15.9 Å². The summed E-state index contributed by atoms with van der Waals surface area (Å²) in [7, 11) is -2.00. The fraction of sp³-hybridized carbons (Fsp3) is 0.476. The van der Waals surface area contributed by atoms with Gasteiger partial charge >= 0.3 is 0 Å². The highest BCUT2D eigenvalue weighted by atomic mass is 32.2. The first-order chi connectivity index (χ1) is 25.2. The number of benzene rings is 3. The lowest BCUT2D eigenvalue weighted by atomic mass is 9.81. The van der Waals surface area contributed by atoms with Gasteiger partial charge in [-0.15, -0.1) is 0 Å². The molecule has 5 heterocycles. The summed E-state index contributed by atoms with van der Waals surface area (Å²) in [5, 5.41) is 0.615. The Morgan fingerprint density at radius 2 is 1.69 bits per heavy atom. The average molecular weight is 719 g/mol. The van der Waals surface area contributed by atoms with Crippen molar-refractivity contribution in [3.8, 4) is 17.0 Å². The maximum atomic E-state index is 15.1. The number of sulfonamides is 1. The second-order valence-electron chi connectivity index (χ2n) is 16.4. The van der Waals surface area contributed by atoms with Crippen LogP contribution < -0.4 is 9.46 Å². The molecule has 270 valence electrons. The number of piperidine rings is 1. The first-order valence-corrected chi connectivity index (χ1v) is 20.8. The van der Waals surface area contributed by atoms with E-state index in [1.54, 1.807) is 13.2 Å². The third-order valence-corrected chi connectivity index (χ3v) is 15.0. The van der Waals surface area contributed by atoms with Crippen LogP contribution in [-0.4, -0.2) is 72.1 Å². The summed E-state index contributed by atoms with van der Waals surface area (Å²) < 4.78 is 36.0. The normalized spacial score (nSPS) is 26.8. The summed E-state index contributed by atoms with van der Waals surface area (Å²) in [5.74, 6) is 0.889. The molecule has 3 aromatic carbocycles. The molecule has 9 nitrogen and oxygen atoms in total. The minimum Gasteiger partial charge on any atom is -0.497 e. The van der Waals surface area contributed by atoms with Crippen LogP contribution in [0, 0.1) is 5.41 Å². The number of fused-ring (bicyclic) bond motifs is 9. The summed E-state index contributed by atoms with van der Waals surface area (Å²) in [6.07, 6.45) is 8.78. The zero-order valence-corrected chi connectivity index (χ0v) is 30.5. The van der Waals surface area contributed by atoms with Crippen molar-refractivity contribution in [2.75, 3.05) is 20.2 Å². The summed E-state index contributed by atoms with van der Waals surface area (Å²) in [5.41, 5.74) is 6.72. The molecule has 1 aromatic heterocycles. The number of methoxy groups -OCH3 is 1. The number of ether oxygens (including phenoxy) is 1. The van der Waals surface area contributed by atoms with Gasteiger partial charge in [-0.25, -0.2) is 13.1 Å². The Balaban J connectivity index is 1.07. The van der Waals surface area contributed by atoms with Crippen molar-refractivity contribution in [1.82, 2.24) is 19.1 Å². The topological polar surface area (TPSA) is 101 Å². The predicted octanol–water partition coefficient (Wildman–Crippen LogP) is 6.56. The summed E-state index contributed by atoms with van der Waals surface area (Å²) in [4.78, 5) is 33.4. The van der Waals surface area contributed by atoms with E-state index in [0.29, 0.717) is 30.9 Å².